The van der Waals surface area contributed by atoms with E-state index in [9.17, 15) is 5.11 Å². The summed E-state index contributed by atoms with van der Waals surface area (Å²) in [4.78, 5) is 15.7. The highest BCUT2D eigenvalue weighted by atomic mass is 28.3. The number of nitrogens with zero attached hydrogens (tertiary/aromatic N) is 4. The average Bonchev–Trinajstić information content (AvgIpc) is 3.60. The standard InChI is InChI=1S/C52H52N4OSi/c1-51(2,3)39-30-42(49(57)43(31-39)52(4,5)6)50-55-48-45(56(50)40-23-17-12-18-24-40)25-26-53-47(48)38-28-36(34-19-13-10-14-20-34)27-37(29-38)44-32-41(35-21-15-11-16-22-35)46(33-54-44)58(7,8)9/h10-33,57H,1-9H3. The molecule has 0 aliphatic carbocycles. The molecule has 1 N–H and O–H groups in total. The maximum Gasteiger partial charge on any atom is 0.149 e. The van der Waals surface area contributed by atoms with E-state index in [4.69, 9.17) is 15.0 Å². The van der Waals surface area contributed by atoms with Gasteiger partial charge in [0.25, 0.3) is 0 Å². The van der Waals surface area contributed by atoms with E-state index in [1.807, 2.05) is 36.5 Å². The van der Waals surface area contributed by atoms with Crippen LogP contribution in [0.4, 0.5) is 0 Å². The number of hydrogen-bond donors (Lipinski definition) is 1. The summed E-state index contributed by atoms with van der Waals surface area (Å²) >= 11 is 0. The van der Waals surface area contributed by atoms with Gasteiger partial charge in [-0.05, 0) is 92.4 Å². The molecule has 0 bridgehead atoms. The Labute approximate surface area is 344 Å². The average molecular weight is 777 g/mol. The van der Waals surface area contributed by atoms with Crippen molar-refractivity contribution in [1.82, 2.24) is 19.5 Å². The minimum Gasteiger partial charge on any atom is -0.507 e. The minimum absolute atomic E-state index is 0.158. The highest BCUT2D eigenvalue weighted by Crippen LogP contribution is 2.44. The van der Waals surface area contributed by atoms with E-state index in [1.54, 1.807) is 0 Å². The van der Waals surface area contributed by atoms with Crippen molar-refractivity contribution < 1.29 is 5.11 Å². The lowest BCUT2D eigenvalue weighted by Gasteiger charge is -2.27. The molecule has 58 heavy (non-hydrogen) atoms. The molecular weight excluding hydrogens is 725 g/mol. The molecular formula is C52H52N4OSi. The summed E-state index contributed by atoms with van der Waals surface area (Å²) in [5.41, 5.74) is 13.1. The molecule has 0 atom stereocenters. The number of rotatable bonds is 7. The van der Waals surface area contributed by atoms with Crippen LogP contribution in [0.2, 0.25) is 19.6 Å². The molecule has 0 radical (unpaired) electrons. The SMILES string of the molecule is CC(C)(C)c1cc(-c2nc3c(-c4cc(-c5ccccc5)cc(-c5cc(-c6ccccc6)c([Si](C)(C)C)cn5)c4)nccc3n2-c2ccccc2)c(O)c(C(C)(C)C)c1. The van der Waals surface area contributed by atoms with Crippen molar-refractivity contribution >= 4 is 24.3 Å². The van der Waals surface area contributed by atoms with E-state index in [0.29, 0.717) is 11.4 Å². The van der Waals surface area contributed by atoms with Gasteiger partial charge >= 0.3 is 0 Å². The molecule has 8 aromatic rings. The number of aromatic hydroxyl groups is 1. The molecule has 6 heteroatoms. The Morgan fingerprint density at radius 3 is 1.79 bits per heavy atom. The van der Waals surface area contributed by atoms with Crippen LogP contribution in [-0.4, -0.2) is 32.7 Å². The van der Waals surface area contributed by atoms with E-state index in [1.165, 1.54) is 16.3 Å². The van der Waals surface area contributed by atoms with Crippen LogP contribution in [0, 0.1) is 0 Å². The topological polar surface area (TPSA) is 63.8 Å². The Bertz CT molecular complexity index is 2770. The number of benzene rings is 5. The first-order chi connectivity index (χ1) is 27.6. The molecule has 0 amide bonds. The fourth-order valence-electron chi connectivity index (χ4n) is 7.82. The quantitative estimate of drug-likeness (QED) is 0.164. The van der Waals surface area contributed by atoms with Crippen molar-refractivity contribution in [2.45, 2.75) is 72.0 Å². The molecule has 0 saturated carbocycles. The van der Waals surface area contributed by atoms with Crippen LogP contribution in [-0.2, 0) is 10.8 Å². The van der Waals surface area contributed by atoms with Gasteiger partial charge in [-0.1, -0.05) is 146 Å². The number of aromatic nitrogens is 4. The van der Waals surface area contributed by atoms with Crippen LogP contribution in [0.5, 0.6) is 5.75 Å². The van der Waals surface area contributed by atoms with Gasteiger partial charge < -0.3 is 5.11 Å². The van der Waals surface area contributed by atoms with Gasteiger partial charge in [-0.25, -0.2) is 4.98 Å². The molecule has 5 aromatic carbocycles. The van der Waals surface area contributed by atoms with E-state index >= 15 is 0 Å². The maximum atomic E-state index is 12.2. The lowest BCUT2D eigenvalue weighted by molar-refractivity contribution is 0.446. The first-order valence-corrected chi connectivity index (χ1v) is 23.7. The molecule has 3 aromatic heterocycles. The van der Waals surface area contributed by atoms with Crippen molar-refractivity contribution in [3.8, 4) is 67.6 Å². The van der Waals surface area contributed by atoms with E-state index in [-0.39, 0.29) is 16.6 Å². The molecule has 290 valence electrons. The summed E-state index contributed by atoms with van der Waals surface area (Å²) < 4.78 is 2.17. The summed E-state index contributed by atoms with van der Waals surface area (Å²) in [6, 6.07) is 46.7. The second-order valence-corrected chi connectivity index (χ2v) is 23.5. The van der Waals surface area contributed by atoms with Gasteiger partial charge in [0.05, 0.1) is 30.5 Å². The van der Waals surface area contributed by atoms with E-state index in [0.717, 1.165) is 61.5 Å². The van der Waals surface area contributed by atoms with Crippen LogP contribution < -0.4 is 5.19 Å². The molecule has 0 aliphatic heterocycles. The van der Waals surface area contributed by atoms with E-state index < -0.39 is 8.07 Å². The smallest absolute Gasteiger partial charge is 0.149 e. The predicted octanol–water partition coefficient (Wildman–Crippen LogP) is 13.0. The number of pyridine rings is 2. The predicted molar refractivity (Wildman–Crippen MR) is 246 cm³/mol. The zero-order chi connectivity index (χ0) is 41.0. The first kappa shape index (κ1) is 38.7. The molecule has 0 unspecified atom stereocenters. The highest BCUT2D eigenvalue weighted by Gasteiger charge is 2.29. The Kier molecular flexibility index (Phi) is 9.81. The number of phenols is 1. The Morgan fingerprint density at radius 2 is 1.17 bits per heavy atom. The zero-order valence-corrected chi connectivity index (χ0v) is 36.1. The number of phenolic OH excluding ortho intramolecular Hbond substituents is 1. The third-order valence-corrected chi connectivity index (χ3v) is 13.0. The summed E-state index contributed by atoms with van der Waals surface area (Å²) in [6.07, 6.45) is 3.98. The molecule has 3 heterocycles. The van der Waals surface area contributed by atoms with Crippen LogP contribution in [0.25, 0.3) is 72.9 Å². The fourth-order valence-corrected chi connectivity index (χ4v) is 9.30. The van der Waals surface area contributed by atoms with Crippen molar-refractivity contribution in [2.75, 3.05) is 0 Å². The van der Waals surface area contributed by atoms with Crippen LogP contribution in [0.15, 0.2) is 146 Å². The van der Waals surface area contributed by atoms with Gasteiger partial charge in [-0.2, -0.15) is 0 Å². The summed E-state index contributed by atoms with van der Waals surface area (Å²) in [6.45, 7) is 20.2. The number of para-hydroxylation sites is 1. The third-order valence-electron chi connectivity index (χ3n) is 11.0. The maximum absolute atomic E-state index is 12.2. The van der Waals surface area contributed by atoms with Crippen molar-refractivity contribution in [2.24, 2.45) is 0 Å². The first-order valence-electron chi connectivity index (χ1n) is 20.2. The van der Waals surface area contributed by atoms with Gasteiger partial charge in [0.1, 0.15) is 17.1 Å². The second kappa shape index (κ2) is 14.7. The molecule has 8 rings (SSSR count). The Hall–Kier alpha value is -6.11. The lowest BCUT2D eigenvalue weighted by Crippen LogP contribution is -2.39. The van der Waals surface area contributed by atoms with Gasteiger partial charge in [0, 0.05) is 34.8 Å². The van der Waals surface area contributed by atoms with Gasteiger partial charge in [0.2, 0.25) is 0 Å². The molecule has 0 aliphatic rings. The molecule has 0 spiro atoms. The fraction of sp³-hybridized carbons (Fsp3) is 0.212. The van der Waals surface area contributed by atoms with Gasteiger partial charge in [-0.3, -0.25) is 14.5 Å². The Morgan fingerprint density at radius 1 is 0.569 bits per heavy atom. The largest absolute Gasteiger partial charge is 0.507 e. The minimum atomic E-state index is -1.73. The molecule has 0 saturated heterocycles. The number of imidazole rings is 1. The lowest BCUT2D eigenvalue weighted by atomic mass is 9.79. The summed E-state index contributed by atoms with van der Waals surface area (Å²) in [7, 11) is -1.73. The third kappa shape index (κ3) is 7.41. The van der Waals surface area contributed by atoms with Crippen LogP contribution in [0.1, 0.15) is 52.7 Å². The number of hydrogen-bond acceptors (Lipinski definition) is 4. The van der Waals surface area contributed by atoms with Crippen molar-refractivity contribution in [1.29, 1.82) is 0 Å². The zero-order valence-electron chi connectivity index (χ0n) is 35.1. The molecule has 5 nitrogen and oxygen atoms in total. The van der Waals surface area contributed by atoms with E-state index in [2.05, 4.69) is 175 Å². The number of fused-ring (bicyclic) bond motifs is 1. The van der Waals surface area contributed by atoms with Crippen molar-refractivity contribution in [3.05, 3.63) is 157 Å². The van der Waals surface area contributed by atoms with Gasteiger partial charge in [-0.15, -0.1) is 0 Å². The molecule has 0 fully saturated rings. The van der Waals surface area contributed by atoms with Crippen LogP contribution >= 0.6 is 0 Å². The van der Waals surface area contributed by atoms with Crippen molar-refractivity contribution in [3.63, 3.8) is 0 Å². The highest BCUT2D eigenvalue weighted by molar-refractivity contribution is 6.89. The second-order valence-electron chi connectivity index (χ2n) is 18.4. The summed E-state index contributed by atoms with van der Waals surface area (Å²) in [5, 5.41) is 13.5. The van der Waals surface area contributed by atoms with Crippen LogP contribution in [0.3, 0.4) is 0 Å². The van der Waals surface area contributed by atoms with Gasteiger partial charge in [0.15, 0.2) is 0 Å². The monoisotopic (exact) mass is 776 g/mol. The summed E-state index contributed by atoms with van der Waals surface area (Å²) in [5.74, 6) is 0.915. The normalized spacial score (nSPS) is 12.3. The Balaban J connectivity index is 1.41.